The molecule has 2 atom stereocenters. The fraction of sp³-hybridized carbons (Fsp3) is 0.476. The predicted molar refractivity (Wildman–Crippen MR) is 99.4 cm³/mol. The van der Waals surface area contributed by atoms with Gasteiger partial charge in [-0.2, -0.15) is 0 Å². The fourth-order valence-corrected chi connectivity index (χ4v) is 3.83. The number of carbonyl (C=O) groups is 1. The number of hydrogen-bond donors (Lipinski definition) is 3. The summed E-state index contributed by atoms with van der Waals surface area (Å²) in [6.45, 7) is 10.1. The molecule has 0 spiro atoms. The van der Waals surface area contributed by atoms with Crippen LogP contribution >= 0.6 is 0 Å². The van der Waals surface area contributed by atoms with Crippen molar-refractivity contribution in [3.05, 3.63) is 46.6 Å². The maximum atomic E-state index is 11.7. The summed E-state index contributed by atoms with van der Waals surface area (Å²) in [5.74, 6) is -1.67. The molecule has 0 aliphatic heterocycles. The van der Waals surface area contributed by atoms with Crippen molar-refractivity contribution in [3.8, 4) is 11.5 Å². The average molecular weight is 344 g/mol. The number of phenols is 2. The Balaban J connectivity index is 2.67. The molecule has 3 N–H and O–H groups in total. The first-order valence-corrected chi connectivity index (χ1v) is 8.97. The Kier molecular flexibility index (Phi) is 5.93. The summed E-state index contributed by atoms with van der Waals surface area (Å²) in [5, 5.41) is 30.9. The van der Waals surface area contributed by atoms with E-state index in [-0.39, 0.29) is 28.9 Å². The van der Waals surface area contributed by atoms with Crippen LogP contribution in [0.3, 0.4) is 0 Å². The summed E-state index contributed by atoms with van der Waals surface area (Å²) in [7, 11) is 0. The highest BCUT2D eigenvalue weighted by Crippen LogP contribution is 2.48. The fourth-order valence-electron chi connectivity index (χ4n) is 3.83. The lowest BCUT2D eigenvalue weighted by atomic mass is 9.72. The number of aromatic carboxylic acids is 1. The largest absolute Gasteiger partial charge is 0.507 e. The third kappa shape index (κ3) is 3.73. The first kappa shape index (κ1) is 19.1. The van der Waals surface area contributed by atoms with Gasteiger partial charge in [-0.25, -0.2) is 4.79 Å². The molecule has 1 aromatic rings. The molecule has 25 heavy (non-hydrogen) atoms. The molecule has 0 bridgehead atoms. The smallest absolute Gasteiger partial charge is 0.339 e. The number of carboxylic acid groups (broad SMARTS) is 1. The van der Waals surface area contributed by atoms with Crippen molar-refractivity contribution >= 4 is 5.97 Å². The van der Waals surface area contributed by atoms with Crippen LogP contribution in [0.1, 0.15) is 73.9 Å². The second-order valence-corrected chi connectivity index (χ2v) is 6.94. The third-order valence-electron chi connectivity index (χ3n) is 5.19. The van der Waals surface area contributed by atoms with E-state index in [9.17, 15) is 20.1 Å². The molecule has 1 aliphatic rings. The summed E-state index contributed by atoms with van der Waals surface area (Å²) in [6.07, 6.45) is 5.91. The Hall–Kier alpha value is -2.23. The van der Waals surface area contributed by atoms with E-state index in [0.717, 1.165) is 31.3 Å². The number of aryl methyl sites for hydroxylation is 1. The maximum absolute atomic E-state index is 11.7. The maximum Gasteiger partial charge on any atom is 0.339 e. The molecule has 0 saturated heterocycles. The number of benzene rings is 1. The van der Waals surface area contributed by atoms with E-state index in [1.807, 2.05) is 26.8 Å². The molecular weight excluding hydrogens is 316 g/mol. The highest BCUT2D eigenvalue weighted by molar-refractivity contribution is 5.94. The Labute approximate surface area is 149 Å². The number of aromatic hydroxyl groups is 2. The van der Waals surface area contributed by atoms with Crippen LogP contribution in [0, 0.1) is 5.92 Å². The normalized spacial score (nSPS) is 20.2. The zero-order valence-corrected chi connectivity index (χ0v) is 15.3. The quantitative estimate of drug-likeness (QED) is 0.623. The first-order valence-electron chi connectivity index (χ1n) is 8.97. The summed E-state index contributed by atoms with van der Waals surface area (Å²) in [4.78, 5) is 11.7. The summed E-state index contributed by atoms with van der Waals surface area (Å²) < 4.78 is 0. The minimum Gasteiger partial charge on any atom is -0.507 e. The van der Waals surface area contributed by atoms with Gasteiger partial charge in [0.25, 0.3) is 0 Å². The monoisotopic (exact) mass is 344 g/mol. The van der Waals surface area contributed by atoms with E-state index in [2.05, 4.69) is 6.58 Å². The molecule has 0 heterocycles. The Morgan fingerprint density at radius 1 is 1.32 bits per heavy atom. The number of hydrogen-bond acceptors (Lipinski definition) is 3. The first-order chi connectivity index (χ1) is 11.8. The van der Waals surface area contributed by atoms with E-state index in [1.54, 1.807) is 0 Å². The minimum absolute atomic E-state index is 0.0317. The van der Waals surface area contributed by atoms with Crippen LogP contribution in [-0.2, 0) is 6.42 Å². The van der Waals surface area contributed by atoms with Gasteiger partial charge in [0.2, 0.25) is 0 Å². The Morgan fingerprint density at radius 3 is 2.56 bits per heavy atom. The highest BCUT2D eigenvalue weighted by atomic mass is 16.4. The van der Waals surface area contributed by atoms with Crippen LogP contribution in [0.4, 0.5) is 0 Å². The highest BCUT2D eigenvalue weighted by Gasteiger charge is 2.33. The molecule has 1 aliphatic carbocycles. The number of allylic oxidation sites excluding steroid dienone is 3. The van der Waals surface area contributed by atoms with Gasteiger partial charge in [0.15, 0.2) is 0 Å². The van der Waals surface area contributed by atoms with Crippen molar-refractivity contribution in [1.82, 2.24) is 0 Å². The van der Waals surface area contributed by atoms with Gasteiger partial charge in [0.1, 0.15) is 17.1 Å². The van der Waals surface area contributed by atoms with Gasteiger partial charge in [-0.3, -0.25) is 0 Å². The van der Waals surface area contributed by atoms with Crippen LogP contribution in [-0.4, -0.2) is 21.3 Å². The molecule has 0 saturated carbocycles. The second kappa shape index (κ2) is 7.77. The Morgan fingerprint density at radius 2 is 2.00 bits per heavy atom. The standard InChI is InChI=1S/C21H28O4/c1-5-7-14-11-17(22)19(20(23)18(14)21(24)25)16-10-12(3)8-9-15(16)13(4)6-2/h10-11,15-16,22-23H,4-9H2,1-3H3,(H,24,25). The molecule has 2 rings (SSSR count). The lowest BCUT2D eigenvalue weighted by molar-refractivity contribution is 0.0692. The number of carboxylic acids is 1. The van der Waals surface area contributed by atoms with Gasteiger partial charge >= 0.3 is 5.97 Å². The van der Waals surface area contributed by atoms with Gasteiger partial charge < -0.3 is 15.3 Å². The topological polar surface area (TPSA) is 77.8 Å². The molecule has 0 radical (unpaired) electrons. The number of rotatable bonds is 6. The molecule has 0 amide bonds. The lowest BCUT2D eigenvalue weighted by Crippen LogP contribution is -2.19. The van der Waals surface area contributed by atoms with Gasteiger partial charge in [0.05, 0.1) is 0 Å². The average Bonchev–Trinajstić information content (AvgIpc) is 2.54. The molecule has 136 valence electrons. The molecule has 2 unspecified atom stereocenters. The molecular formula is C21H28O4. The molecule has 1 aromatic carbocycles. The van der Waals surface area contributed by atoms with E-state index >= 15 is 0 Å². The summed E-state index contributed by atoms with van der Waals surface area (Å²) in [5.41, 5.74) is 2.93. The zero-order valence-electron chi connectivity index (χ0n) is 15.3. The predicted octanol–water partition coefficient (Wildman–Crippen LogP) is 5.15. The van der Waals surface area contributed by atoms with Crippen LogP contribution in [0.5, 0.6) is 11.5 Å². The molecule has 4 heteroatoms. The van der Waals surface area contributed by atoms with E-state index in [4.69, 9.17) is 0 Å². The van der Waals surface area contributed by atoms with Crippen LogP contribution in [0.2, 0.25) is 0 Å². The van der Waals surface area contributed by atoms with E-state index in [1.165, 1.54) is 11.6 Å². The van der Waals surface area contributed by atoms with Crippen molar-refractivity contribution in [2.75, 3.05) is 0 Å². The van der Waals surface area contributed by atoms with Gasteiger partial charge in [0, 0.05) is 11.5 Å². The third-order valence-corrected chi connectivity index (χ3v) is 5.19. The van der Waals surface area contributed by atoms with Crippen molar-refractivity contribution in [2.24, 2.45) is 5.92 Å². The van der Waals surface area contributed by atoms with Crippen LogP contribution < -0.4 is 0 Å². The van der Waals surface area contributed by atoms with Gasteiger partial charge in [-0.15, -0.1) is 0 Å². The van der Waals surface area contributed by atoms with E-state index in [0.29, 0.717) is 17.5 Å². The van der Waals surface area contributed by atoms with Crippen LogP contribution in [0.15, 0.2) is 29.9 Å². The zero-order chi connectivity index (χ0) is 18.7. The Bertz CT molecular complexity index is 715. The summed E-state index contributed by atoms with van der Waals surface area (Å²) in [6, 6.07) is 1.51. The van der Waals surface area contributed by atoms with Gasteiger partial charge in [-0.1, -0.05) is 44.1 Å². The molecule has 0 aromatic heterocycles. The lowest BCUT2D eigenvalue weighted by Gasteiger charge is -2.32. The van der Waals surface area contributed by atoms with Gasteiger partial charge in [-0.05, 0) is 50.2 Å². The minimum atomic E-state index is -1.16. The molecule has 4 nitrogen and oxygen atoms in total. The van der Waals surface area contributed by atoms with E-state index < -0.39 is 5.97 Å². The number of phenolic OH excluding ortho intramolecular Hbond substituents is 1. The van der Waals surface area contributed by atoms with Crippen molar-refractivity contribution < 1.29 is 20.1 Å². The summed E-state index contributed by atoms with van der Waals surface area (Å²) >= 11 is 0. The molecule has 0 fully saturated rings. The van der Waals surface area contributed by atoms with Crippen LogP contribution in [0.25, 0.3) is 0 Å². The van der Waals surface area contributed by atoms with Crippen molar-refractivity contribution in [1.29, 1.82) is 0 Å². The van der Waals surface area contributed by atoms with Crippen molar-refractivity contribution in [3.63, 3.8) is 0 Å². The SMILES string of the molecule is C=C(CC)C1CCC(C)=CC1c1c(O)cc(CCC)c(C(=O)O)c1O. The van der Waals surface area contributed by atoms with Crippen molar-refractivity contribution in [2.45, 2.75) is 58.8 Å². The second-order valence-electron chi connectivity index (χ2n) is 6.94.